The number of amides is 3. The van der Waals surface area contributed by atoms with Crippen molar-refractivity contribution in [1.82, 2.24) is 19.8 Å². The number of hydrogen-bond donors (Lipinski definition) is 6. The summed E-state index contributed by atoms with van der Waals surface area (Å²) in [7, 11) is 3.48. The summed E-state index contributed by atoms with van der Waals surface area (Å²) in [6, 6.07) is 5.11. The number of methoxy groups -OCH3 is 1. The third-order valence-electron chi connectivity index (χ3n) is 7.67. The molecule has 6 N–H and O–H groups in total. The molecular weight excluding hydrogens is 660 g/mol. The van der Waals surface area contributed by atoms with E-state index in [2.05, 4.69) is 26.7 Å². The summed E-state index contributed by atoms with van der Waals surface area (Å²) in [6.45, 7) is 3.37. The molecule has 0 radical (unpaired) electrons. The van der Waals surface area contributed by atoms with Crippen molar-refractivity contribution in [2.45, 2.75) is 37.8 Å². The van der Waals surface area contributed by atoms with Gasteiger partial charge in [-0.1, -0.05) is 0 Å². The Morgan fingerprint density at radius 1 is 1.12 bits per heavy atom. The Morgan fingerprint density at radius 3 is 2.40 bits per heavy atom. The van der Waals surface area contributed by atoms with Gasteiger partial charge in [0.1, 0.15) is 23.4 Å². The summed E-state index contributed by atoms with van der Waals surface area (Å²) >= 11 is 0. The molecule has 0 bridgehead atoms. The molecule has 4 heterocycles. The molecule has 3 amide bonds. The van der Waals surface area contributed by atoms with E-state index in [0.29, 0.717) is 74.7 Å². The number of aldehydes is 1. The van der Waals surface area contributed by atoms with E-state index in [4.69, 9.17) is 25.2 Å². The Bertz CT molecular complexity index is 1650. The first-order valence-corrected chi connectivity index (χ1v) is 15.3. The molecular formula is C31H38N8O11. The molecule has 0 atom stereocenters. The lowest BCUT2D eigenvalue weighted by Gasteiger charge is -2.33. The van der Waals surface area contributed by atoms with Gasteiger partial charge in [0.25, 0.3) is 0 Å². The van der Waals surface area contributed by atoms with Gasteiger partial charge in [-0.25, -0.2) is 19.6 Å². The molecule has 0 aliphatic carbocycles. The van der Waals surface area contributed by atoms with Crippen molar-refractivity contribution < 1.29 is 53.9 Å². The number of anilines is 3. The number of piperazine rings is 1. The number of carboxylic acids is 3. The highest BCUT2D eigenvalue weighted by Gasteiger charge is 2.40. The number of hydrogen-bond acceptors (Lipinski definition) is 13. The summed E-state index contributed by atoms with van der Waals surface area (Å²) in [6.07, 6.45) is 1.20. The van der Waals surface area contributed by atoms with E-state index in [-0.39, 0.29) is 17.4 Å². The van der Waals surface area contributed by atoms with Gasteiger partial charge in [-0.05, 0) is 31.5 Å². The van der Waals surface area contributed by atoms with Crippen LogP contribution >= 0.6 is 0 Å². The average molecular weight is 699 g/mol. The van der Waals surface area contributed by atoms with Crippen LogP contribution in [-0.4, -0.2) is 135 Å². The normalized spacial score (nSPS) is 14.4. The molecule has 2 aliphatic heterocycles. The van der Waals surface area contributed by atoms with Crippen molar-refractivity contribution in [3.63, 3.8) is 0 Å². The van der Waals surface area contributed by atoms with Crippen molar-refractivity contribution in [1.29, 1.82) is 5.26 Å². The van der Waals surface area contributed by atoms with Crippen molar-refractivity contribution in [2.24, 2.45) is 0 Å². The summed E-state index contributed by atoms with van der Waals surface area (Å²) in [5.74, 6) is -4.31. The molecule has 0 saturated carbocycles. The Balaban J connectivity index is 0.000000442. The van der Waals surface area contributed by atoms with E-state index in [1.165, 1.54) is 11.1 Å². The van der Waals surface area contributed by atoms with Gasteiger partial charge in [-0.15, -0.1) is 0 Å². The number of nitrogens with one attached hydrogen (secondary N) is 2. The minimum absolute atomic E-state index is 0.00956. The highest BCUT2D eigenvalue weighted by molar-refractivity contribution is 6.02. The molecule has 2 aromatic heterocycles. The van der Waals surface area contributed by atoms with Crippen LogP contribution in [0.1, 0.15) is 46.4 Å². The van der Waals surface area contributed by atoms with Crippen LogP contribution in [0.5, 0.6) is 0 Å². The smallest absolute Gasteiger partial charge is 0.336 e. The molecule has 4 rings (SSSR count). The van der Waals surface area contributed by atoms with Gasteiger partial charge in [-0.2, -0.15) is 5.26 Å². The van der Waals surface area contributed by atoms with Gasteiger partial charge in [0, 0.05) is 57.7 Å². The van der Waals surface area contributed by atoms with Gasteiger partial charge < -0.3 is 35.4 Å². The van der Waals surface area contributed by atoms with E-state index < -0.39 is 42.4 Å². The number of carboxylic acid groups (broad SMARTS) is 3. The predicted molar refractivity (Wildman–Crippen MR) is 174 cm³/mol. The maximum absolute atomic E-state index is 13.2. The first-order valence-electron chi connectivity index (χ1n) is 15.3. The molecule has 2 aromatic rings. The zero-order valence-corrected chi connectivity index (χ0v) is 27.4. The number of fused-ring (bicyclic) bond motifs is 1. The van der Waals surface area contributed by atoms with Crippen LogP contribution in [-0.2, 0) is 36.9 Å². The van der Waals surface area contributed by atoms with E-state index in [9.17, 15) is 34.0 Å². The third kappa shape index (κ3) is 10.4. The Labute approximate surface area is 286 Å². The lowest BCUT2D eigenvalue weighted by atomic mass is 9.96. The Kier molecular flexibility index (Phi) is 13.6. The van der Waals surface area contributed by atoms with Gasteiger partial charge in [0.2, 0.25) is 5.91 Å². The molecule has 268 valence electrons. The summed E-state index contributed by atoms with van der Waals surface area (Å²) in [5, 5.41) is 49.0. The molecule has 50 heavy (non-hydrogen) atoms. The molecule has 19 heteroatoms. The maximum atomic E-state index is 13.2. The molecule has 0 spiro atoms. The lowest BCUT2D eigenvalue weighted by Crippen LogP contribution is -2.48. The van der Waals surface area contributed by atoms with Crippen molar-refractivity contribution in [3.05, 3.63) is 40.7 Å². The zero-order valence-electron chi connectivity index (χ0n) is 27.4. The maximum Gasteiger partial charge on any atom is 0.336 e. The van der Waals surface area contributed by atoms with E-state index in [1.54, 1.807) is 18.1 Å². The first-order chi connectivity index (χ1) is 23.7. The highest BCUT2D eigenvalue weighted by atomic mass is 16.5. The van der Waals surface area contributed by atoms with Gasteiger partial charge >= 0.3 is 23.9 Å². The van der Waals surface area contributed by atoms with Crippen molar-refractivity contribution in [3.8, 4) is 6.07 Å². The fourth-order valence-corrected chi connectivity index (χ4v) is 5.12. The Hall–Kier alpha value is -5.71. The monoisotopic (exact) mass is 698 g/mol. The van der Waals surface area contributed by atoms with Gasteiger partial charge in [0.05, 0.1) is 37.2 Å². The fourth-order valence-electron chi connectivity index (χ4n) is 5.12. The molecule has 2 aliphatic rings. The van der Waals surface area contributed by atoms with Crippen molar-refractivity contribution in [2.75, 3.05) is 69.0 Å². The standard InChI is InChI=1S/C25H30N8O4.C6H8O7/c1-31-7-8-32(23(35)15-31)14-18-10-17-4-3-6-33(24(17)29-21(18)16-34)25(36)30-22-11-20(27-5-9-37-2)19(12-26)13-28-22;7-3(8)1-6(13,5(11)12)2-4(9)10/h10-11,13,16H,3-9,14-15H2,1-2H3,(H2,27,28,30,36);13H,1-2H2,(H,7,8)(H,9,10)(H,11,12). The largest absolute Gasteiger partial charge is 0.481 e. The second-order valence-electron chi connectivity index (χ2n) is 11.5. The highest BCUT2D eigenvalue weighted by Crippen LogP contribution is 2.29. The number of aromatic nitrogens is 2. The number of pyridine rings is 2. The third-order valence-corrected chi connectivity index (χ3v) is 7.67. The second kappa shape index (κ2) is 17.6. The van der Waals surface area contributed by atoms with Crippen LogP contribution < -0.4 is 15.5 Å². The average Bonchev–Trinajstić information content (AvgIpc) is 3.05. The number of urea groups is 1. The number of aliphatic carboxylic acids is 3. The zero-order chi connectivity index (χ0) is 37.0. The van der Waals surface area contributed by atoms with E-state index in [1.807, 2.05) is 18.0 Å². The van der Waals surface area contributed by atoms with E-state index >= 15 is 0 Å². The molecule has 0 unspecified atom stereocenters. The van der Waals surface area contributed by atoms with Crippen LogP contribution in [0.3, 0.4) is 0 Å². The predicted octanol–water partition coefficient (Wildman–Crippen LogP) is 0.229. The molecule has 0 aromatic carbocycles. The van der Waals surface area contributed by atoms with Crippen LogP contribution in [0.4, 0.5) is 22.1 Å². The minimum atomic E-state index is -2.74. The number of rotatable bonds is 13. The molecule has 1 fully saturated rings. The topological polar surface area (TPSA) is 276 Å². The van der Waals surface area contributed by atoms with Gasteiger partial charge in [-0.3, -0.25) is 34.3 Å². The number of aryl methyl sites for hydroxylation is 1. The van der Waals surface area contributed by atoms with Crippen LogP contribution in [0.25, 0.3) is 0 Å². The first kappa shape index (κ1) is 38.7. The number of carbonyl (C=O) groups is 6. The van der Waals surface area contributed by atoms with Crippen molar-refractivity contribution >= 4 is 53.5 Å². The van der Waals surface area contributed by atoms with Crippen LogP contribution in [0.2, 0.25) is 0 Å². The quantitative estimate of drug-likeness (QED) is 0.121. The number of likely N-dealkylation sites (N-methyl/N-ethyl adjacent to an activating group) is 1. The second-order valence-corrected chi connectivity index (χ2v) is 11.5. The van der Waals surface area contributed by atoms with Crippen LogP contribution in [0.15, 0.2) is 18.3 Å². The number of nitriles is 1. The van der Waals surface area contributed by atoms with E-state index in [0.717, 1.165) is 18.5 Å². The molecule has 19 nitrogen and oxygen atoms in total. The summed E-state index contributed by atoms with van der Waals surface area (Å²) < 4.78 is 5.03. The summed E-state index contributed by atoms with van der Waals surface area (Å²) in [4.78, 5) is 82.0. The minimum Gasteiger partial charge on any atom is -0.481 e. The number of nitrogens with zero attached hydrogens (tertiary/aromatic N) is 6. The molecule has 1 saturated heterocycles. The Morgan fingerprint density at radius 2 is 1.82 bits per heavy atom. The fraction of sp³-hybridized carbons (Fsp3) is 0.452. The number of ether oxygens (including phenoxy) is 1. The summed E-state index contributed by atoms with van der Waals surface area (Å²) in [5.41, 5.74) is -0.119. The number of carbonyl (C=O) groups excluding carboxylic acids is 3. The SMILES string of the molecule is COCCNc1cc(NC(=O)N2CCCc3cc(CN4CCN(C)CC4=O)c(C=O)nc32)ncc1C#N.O=C(O)CC(O)(CC(=O)O)C(=O)O. The van der Waals surface area contributed by atoms with Crippen LogP contribution in [0, 0.1) is 11.3 Å². The van der Waals surface area contributed by atoms with Gasteiger partial charge in [0.15, 0.2) is 11.9 Å². The lowest BCUT2D eigenvalue weighted by molar-refractivity contribution is -0.170. The number of aliphatic hydroxyl groups is 1.